The molecule has 2 heterocycles. The van der Waals surface area contributed by atoms with E-state index in [2.05, 4.69) is 10.3 Å². The maximum Gasteiger partial charge on any atom is 0.226 e. The maximum absolute atomic E-state index is 14.2. The van der Waals surface area contributed by atoms with Crippen LogP contribution in [-0.2, 0) is 4.79 Å². The third-order valence-electron chi connectivity index (χ3n) is 4.19. The number of hydrogen-bond donors (Lipinski definition) is 1. The molecule has 0 fully saturated rings. The summed E-state index contributed by atoms with van der Waals surface area (Å²) in [5.74, 6) is -2.36. The van der Waals surface area contributed by atoms with E-state index < -0.39 is 23.4 Å². The van der Waals surface area contributed by atoms with E-state index >= 15 is 0 Å². The van der Waals surface area contributed by atoms with Crippen LogP contribution in [0, 0.1) is 17.5 Å². The Morgan fingerprint density at radius 3 is 2.68 bits per heavy atom. The summed E-state index contributed by atoms with van der Waals surface area (Å²) >= 11 is 0. The van der Waals surface area contributed by atoms with E-state index in [1.165, 1.54) is 29.1 Å². The number of nitrogens with zero attached hydrogens (tertiary/aromatic N) is 2. The highest BCUT2D eigenvalue weighted by atomic mass is 19.1. The molecule has 7 heteroatoms. The zero-order valence-corrected chi connectivity index (χ0v) is 12.8. The number of hydrogen-bond acceptors (Lipinski definition) is 2. The van der Waals surface area contributed by atoms with Crippen molar-refractivity contribution >= 4 is 11.7 Å². The van der Waals surface area contributed by atoms with Gasteiger partial charge < -0.3 is 5.32 Å². The first-order valence-electron chi connectivity index (χ1n) is 7.61. The fourth-order valence-corrected chi connectivity index (χ4v) is 3.07. The molecule has 1 N–H and O–H groups in total. The Labute approximate surface area is 140 Å². The van der Waals surface area contributed by atoms with Crippen LogP contribution in [0.3, 0.4) is 0 Å². The van der Waals surface area contributed by atoms with Crippen LogP contribution in [0.1, 0.15) is 23.6 Å². The fraction of sp³-hybridized carbons (Fsp3) is 0.111. The topological polar surface area (TPSA) is 46.9 Å². The van der Waals surface area contributed by atoms with Crippen LogP contribution in [0.4, 0.5) is 19.0 Å². The van der Waals surface area contributed by atoms with Gasteiger partial charge in [-0.3, -0.25) is 9.36 Å². The minimum absolute atomic E-state index is 0.0481. The highest BCUT2D eigenvalue weighted by Crippen LogP contribution is 2.38. The Morgan fingerprint density at radius 2 is 1.88 bits per heavy atom. The summed E-state index contributed by atoms with van der Waals surface area (Å²) in [7, 11) is 0. The molecule has 1 aliphatic heterocycles. The van der Waals surface area contributed by atoms with Gasteiger partial charge in [-0.15, -0.1) is 0 Å². The van der Waals surface area contributed by atoms with Crippen molar-refractivity contribution in [2.24, 2.45) is 0 Å². The molecule has 0 saturated carbocycles. The van der Waals surface area contributed by atoms with Crippen molar-refractivity contribution in [2.75, 3.05) is 5.32 Å². The number of aromatic nitrogens is 2. The molecular formula is C18H12F3N3O. The zero-order chi connectivity index (χ0) is 17.6. The van der Waals surface area contributed by atoms with Crippen LogP contribution in [-0.4, -0.2) is 15.5 Å². The quantitative estimate of drug-likeness (QED) is 0.770. The minimum atomic E-state index is -0.714. The highest BCUT2D eigenvalue weighted by molar-refractivity contribution is 5.94. The molecule has 25 heavy (non-hydrogen) atoms. The van der Waals surface area contributed by atoms with Gasteiger partial charge in [0.2, 0.25) is 5.91 Å². The zero-order valence-electron chi connectivity index (χ0n) is 12.8. The first-order valence-corrected chi connectivity index (χ1v) is 7.61. The average molecular weight is 343 g/mol. The van der Waals surface area contributed by atoms with Crippen molar-refractivity contribution in [3.05, 3.63) is 77.5 Å². The monoisotopic (exact) mass is 343 g/mol. The number of halogens is 3. The van der Waals surface area contributed by atoms with Crippen LogP contribution in [0.25, 0.3) is 5.69 Å². The Bertz CT molecular complexity index is 983. The molecule has 0 spiro atoms. The number of rotatable bonds is 2. The predicted octanol–water partition coefficient (Wildman–Crippen LogP) is 3.76. The second kappa shape index (κ2) is 5.77. The normalized spacial score (nSPS) is 16.4. The molecule has 1 aromatic heterocycles. The van der Waals surface area contributed by atoms with Crippen molar-refractivity contribution in [2.45, 2.75) is 12.3 Å². The van der Waals surface area contributed by atoms with E-state index in [1.807, 2.05) is 0 Å². The van der Waals surface area contributed by atoms with E-state index in [9.17, 15) is 18.0 Å². The predicted molar refractivity (Wildman–Crippen MR) is 85.0 cm³/mol. The lowest BCUT2D eigenvalue weighted by atomic mass is 9.89. The summed E-state index contributed by atoms with van der Waals surface area (Å²) in [5.41, 5.74) is 0.948. The molecule has 3 aromatic rings. The SMILES string of the molecule is O=C1C[C@H](c2cc(F)ccc2F)c2ncn(-c3cccc(F)c3)c2N1. The van der Waals surface area contributed by atoms with Crippen LogP contribution < -0.4 is 5.32 Å². The molecule has 1 amide bonds. The summed E-state index contributed by atoms with van der Waals surface area (Å²) in [6.07, 6.45) is 1.38. The number of fused-ring (bicyclic) bond motifs is 1. The standard InChI is InChI=1S/C18H12F3N3O/c19-10-2-1-3-12(6-10)24-9-22-17-14(8-16(25)23-18(17)24)13-7-11(20)4-5-15(13)21/h1-7,9,14H,8H2,(H,23,25)/t14-/m1/s1. The van der Waals surface area contributed by atoms with Crippen LogP contribution >= 0.6 is 0 Å². The van der Waals surface area contributed by atoms with E-state index in [-0.39, 0.29) is 17.9 Å². The van der Waals surface area contributed by atoms with Crippen LogP contribution in [0.15, 0.2) is 48.8 Å². The first kappa shape index (κ1) is 15.4. The largest absolute Gasteiger partial charge is 0.310 e. The van der Waals surface area contributed by atoms with Gasteiger partial charge >= 0.3 is 0 Å². The molecule has 4 nitrogen and oxygen atoms in total. The molecule has 0 unspecified atom stereocenters. The van der Waals surface area contributed by atoms with Crippen LogP contribution in [0.2, 0.25) is 0 Å². The molecule has 4 rings (SSSR count). The van der Waals surface area contributed by atoms with Gasteiger partial charge in [-0.1, -0.05) is 6.07 Å². The molecule has 2 aromatic carbocycles. The van der Waals surface area contributed by atoms with Crippen molar-refractivity contribution in [3.8, 4) is 5.69 Å². The Hall–Kier alpha value is -3.09. The number of nitrogens with one attached hydrogen (secondary N) is 1. The van der Waals surface area contributed by atoms with Gasteiger partial charge in [0.05, 0.1) is 11.4 Å². The van der Waals surface area contributed by atoms with Gasteiger partial charge in [-0.25, -0.2) is 18.2 Å². The maximum atomic E-state index is 14.2. The molecule has 0 radical (unpaired) electrons. The number of carbonyl (C=O) groups is 1. The van der Waals surface area contributed by atoms with Gasteiger partial charge in [0.1, 0.15) is 29.6 Å². The summed E-state index contributed by atoms with van der Waals surface area (Å²) in [5, 5.41) is 2.68. The number of imidazole rings is 1. The van der Waals surface area contributed by atoms with Crippen LogP contribution in [0.5, 0.6) is 0 Å². The first-order chi connectivity index (χ1) is 12.0. The molecule has 0 saturated heterocycles. The summed E-state index contributed by atoms with van der Waals surface area (Å²) in [6, 6.07) is 8.91. The van der Waals surface area contributed by atoms with Gasteiger partial charge in [-0.05, 0) is 36.4 Å². The fourth-order valence-electron chi connectivity index (χ4n) is 3.07. The van der Waals surface area contributed by atoms with E-state index in [4.69, 9.17) is 0 Å². The van der Waals surface area contributed by atoms with Gasteiger partial charge in [0, 0.05) is 17.9 Å². The van der Waals surface area contributed by atoms with E-state index in [0.29, 0.717) is 17.2 Å². The second-order valence-electron chi connectivity index (χ2n) is 5.80. The molecule has 1 aliphatic rings. The number of anilines is 1. The lowest BCUT2D eigenvalue weighted by Gasteiger charge is -2.23. The summed E-state index contributed by atoms with van der Waals surface area (Å²) in [6.45, 7) is 0. The Balaban J connectivity index is 1.86. The second-order valence-corrected chi connectivity index (χ2v) is 5.80. The average Bonchev–Trinajstić information content (AvgIpc) is 3.00. The van der Waals surface area contributed by atoms with Gasteiger partial charge in [0.15, 0.2) is 0 Å². The minimum Gasteiger partial charge on any atom is -0.310 e. The number of carbonyl (C=O) groups excluding carboxylic acids is 1. The molecule has 1 atom stereocenters. The van der Waals surface area contributed by atoms with Gasteiger partial charge in [0.25, 0.3) is 0 Å². The number of benzene rings is 2. The third kappa shape index (κ3) is 2.67. The third-order valence-corrected chi connectivity index (χ3v) is 4.19. The van der Waals surface area contributed by atoms with E-state index in [1.54, 1.807) is 6.07 Å². The molecular weight excluding hydrogens is 331 g/mol. The molecule has 0 aliphatic carbocycles. The summed E-state index contributed by atoms with van der Waals surface area (Å²) in [4.78, 5) is 16.4. The van der Waals surface area contributed by atoms with Crippen molar-refractivity contribution < 1.29 is 18.0 Å². The van der Waals surface area contributed by atoms with Crippen molar-refractivity contribution in [3.63, 3.8) is 0 Å². The van der Waals surface area contributed by atoms with Crippen molar-refractivity contribution in [1.29, 1.82) is 0 Å². The Morgan fingerprint density at radius 1 is 1.08 bits per heavy atom. The van der Waals surface area contributed by atoms with Gasteiger partial charge in [-0.2, -0.15) is 0 Å². The number of amides is 1. The highest BCUT2D eigenvalue weighted by Gasteiger charge is 2.32. The summed E-state index contributed by atoms with van der Waals surface area (Å²) < 4.78 is 42.7. The lowest BCUT2D eigenvalue weighted by molar-refractivity contribution is -0.116. The lowest BCUT2D eigenvalue weighted by Crippen LogP contribution is -2.25. The molecule has 0 bridgehead atoms. The van der Waals surface area contributed by atoms with E-state index in [0.717, 1.165) is 18.2 Å². The smallest absolute Gasteiger partial charge is 0.226 e. The van der Waals surface area contributed by atoms with Crippen molar-refractivity contribution in [1.82, 2.24) is 9.55 Å². The Kier molecular flexibility index (Phi) is 3.56. The molecule has 126 valence electrons.